The molecule has 16 heteroatoms. The maximum atomic E-state index is 13.0. The van der Waals surface area contributed by atoms with E-state index in [2.05, 4.69) is 43.5 Å². The van der Waals surface area contributed by atoms with Gasteiger partial charge in [-0.25, -0.2) is 9.78 Å². The van der Waals surface area contributed by atoms with Gasteiger partial charge in [0.1, 0.15) is 18.1 Å². The number of hydrogen-bond acceptors (Lipinski definition) is 9. The number of nitrogens with one attached hydrogen (secondary N) is 4. The van der Waals surface area contributed by atoms with Gasteiger partial charge in [0.25, 0.3) is 0 Å². The van der Waals surface area contributed by atoms with Gasteiger partial charge in [-0.3, -0.25) is 19.4 Å². The molecule has 0 saturated heterocycles. The highest BCUT2D eigenvalue weighted by atomic mass is 32.1. The molecule has 1 rings (SSSR count). The summed E-state index contributed by atoms with van der Waals surface area (Å²) in [4.78, 5) is 60.5. The second-order valence-electron chi connectivity index (χ2n) is 8.33. The van der Waals surface area contributed by atoms with Crippen LogP contribution in [-0.2, 0) is 25.6 Å². The number of carboxylic acids is 1. The molecule has 0 saturated carbocycles. The summed E-state index contributed by atoms with van der Waals surface area (Å²) >= 11 is 4.12. The summed E-state index contributed by atoms with van der Waals surface area (Å²) in [5, 5.41) is 16.9. The molecule has 1 aromatic heterocycles. The molecular weight excluding hydrogens is 504 g/mol. The third-order valence-corrected chi connectivity index (χ3v) is 5.65. The quantitative estimate of drug-likeness (QED) is 0.0387. The number of carbonyl (C=O) groups is 4. The van der Waals surface area contributed by atoms with E-state index in [1.54, 1.807) is 0 Å². The number of aliphatic carboxylic acids is 1. The van der Waals surface area contributed by atoms with Crippen LogP contribution in [0.15, 0.2) is 17.5 Å². The smallest absolute Gasteiger partial charge is 0.326 e. The summed E-state index contributed by atoms with van der Waals surface area (Å²) in [7, 11) is 0. The zero-order valence-corrected chi connectivity index (χ0v) is 21.5. The maximum Gasteiger partial charge on any atom is 0.326 e. The molecular formula is C21H38N10O5S. The summed E-state index contributed by atoms with van der Waals surface area (Å²) < 4.78 is 0. The predicted octanol–water partition coefficient (Wildman–Crippen LogP) is -3.07. The number of hydrogen-bond donors (Lipinski definition) is 10. The van der Waals surface area contributed by atoms with Gasteiger partial charge in [0.2, 0.25) is 17.7 Å². The number of rotatable bonds is 18. The molecule has 0 radical (unpaired) electrons. The molecule has 3 amide bonds. The number of imidazole rings is 1. The van der Waals surface area contributed by atoms with Gasteiger partial charge in [0, 0.05) is 30.6 Å². The molecule has 0 aliphatic heterocycles. The number of aliphatic imine (C=N–C) groups is 1. The zero-order valence-electron chi connectivity index (χ0n) is 20.6. The van der Waals surface area contributed by atoms with Crippen molar-refractivity contribution in [2.75, 3.05) is 18.8 Å². The van der Waals surface area contributed by atoms with Crippen molar-refractivity contribution >= 4 is 42.3 Å². The maximum absolute atomic E-state index is 13.0. The number of amides is 3. The van der Waals surface area contributed by atoms with E-state index < -0.39 is 47.9 Å². The molecule has 0 aromatic carbocycles. The number of carboxylic acid groups (broad SMARTS) is 1. The average molecular weight is 543 g/mol. The number of thiol groups is 1. The van der Waals surface area contributed by atoms with Gasteiger partial charge in [0.05, 0.1) is 12.4 Å². The monoisotopic (exact) mass is 542 g/mol. The van der Waals surface area contributed by atoms with Gasteiger partial charge in [-0.05, 0) is 38.6 Å². The van der Waals surface area contributed by atoms with Gasteiger partial charge < -0.3 is 49.0 Å². The van der Waals surface area contributed by atoms with Crippen molar-refractivity contribution < 1.29 is 24.3 Å². The van der Waals surface area contributed by atoms with Gasteiger partial charge in [-0.2, -0.15) is 12.6 Å². The molecule has 37 heavy (non-hydrogen) atoms. The van der Waals surface area contributed by atoms with Crippen LogP contribution >= 0.6 is 12.6 Å². The summed E-state index contributed by atoms with van der Waals surface area (Å²) in [5.74, 6) is -3.40. The lowest BCUT2D eigenvalue weighted by atomic mass is 10.1. The molecule has 1 aromatic rings. The van der Waals surface area contributed by atoms with E-state index in [1.165, 1.54) is 12.5 Å². The van der Waals surface area contributed by atoms with Crippen molar-refractivity contribution in [3.05, 3.63) is 18.2 Å². The minimum absolute atomic E-state index is 0.110. The minimum atomic E-state index is -1.20. The number of aromatic nitrogens is 2. The van der Waals surface area contributed by atoms with Crippen LogP contribution in [0.1, 0.15) is 37.8 Å². The van der Waals surface area contributed by atoms with Crippen molar-refractivity contribution in [2.24, 2.45) is 27.9 Å². The lowest BCUT2D eigenvalue weighted by Gasteiger charge is -2.24. The van der Waals surface area contributed by atoms with Crippen LogP contribution in [0.3, 0.4) is 0 Å². The third-order valence-electron chi connectivity index (χ3n) is 5.29. The first kappa shape index (κ1) is 31.7. The Morgan fingerprint density at radius 1 is 1.00 bits per heavy atom. The standard InChI is InChI=1S/C21H38N10O5S/c22-6-2-1-4-15(20(35)36)30-19(34)16(10-37)31-18(33)14(5-3-7-27-21(24)25)29-17(32)13(23)8-12-9-26-11-28-12/h9,11,13-16,37H,1-8,10,22-23H2,(H,26,28)(H,29,32)(H,30,34)(H,31,33)(H,35,36)(H4,24,25,27). The van der Waals surface area contributed by atoms with Gasteiger partial charge in [0.15, 0.2) is 5.96 Å². The number of unbranched alkanes of at least 4 members (excludes halogenated alkanes) is 1. The average Bonchev–Trinajstić information content (AvgIpc) is 3.36. The molecule has 0 aliphatic rings. The number of nitrogens with two attached hydrogens (primary N) is 4. The molecule has 13 N–H and O–H groups in total. The fourth-order valence-electron chi connectivity index (χ4n) is 3.27. The van der Waals surface area contributed by atoms with Crippen LogP contribution in [0, 0.1) is 0 Å². The van der Waals surface area contributed by atoms with E-state index in [4.69, 9.17) is 22.9 Å². The van der Waals surface area contributed by atoms with Crippen molar-refractivity contribution in [1.82, 2.24) is 25.9 Å². The molecule has 4 atom stereocenters. The first-order valence-electron chi connectivity index (χ1n) is 11.8. The lowest BCUT2D eigenvalue weighted by Crippen LogP contribution is -2.57. The second-order valence-corrected chi connectivity index (χ2v) is 8.69. The highest BCUT2D eigenvalue weighted by Crippen LogP contribution is 2.05. The van der Waals surface area contributed by atoms with Crippen molar-refractivity contribution in [1.29, 1.82) is 0 Å². The first-order valence-corrected chi connectivity index (χ1v) is 12.4. The molecule has 208 valence electrons. The van der Waals surface area contributed by atoms with Crippen LogP contribution < -0.4 is 38.9 Å². The topological polar surface area (TPSA) is 270 Å². The van der Waals surface area contributed by atoms with Crippen LogP contribution in [0.5, 0.6) is 0 Å². The van der Waals surface area contributed by atoms with Crippen LogP contribution in [0.4, 0.5) is 0 Å². The number of nitrogens with zero attached hydrogens (tertiary/aromatic N) is 2. The molecule has 1 heterocycles. The van der Waals surface area contributed by atoms with E-state index in [0.717, 1.165) is 0 Å². The summed E-state index contributed by atoms with van der Waals surface area (Å²) in [6.45, 7) is 0.610. The molecule has 0 aliphatic carbocycles. The summed E-state index contributed by atoms with van der Waals surface area (Å²) in [6.07, 6.45) is 4.93. The summed E-state index contributed by atoms with van der Waals surface area (Å²) in [6, 6.07) is -4.33. The summed E-state index contributed by atoms with van der Waals surface area (Å²) in [5.41, 5.74) is 22.7. The van der Waals surface area contributed by atoms with E-state index in [9.17, 15) is 24.3 Å². The lowest BCUT2D eigenvalue weighted by molar-refractivity contribution is -0.142. The molecule has 0 fully saturated rings. The normalized spacial score (nSPS) is 14.0. The Morgan fingerprint density at radius 3 is 2.19 bits per heavy atom. The van der Waals surface area contributed by atoms with Gasteiger partial charge >= 0.3 is 5.97 Å². The van der Waals surface area contributed by atoms with Gasteiger partial charge in [-0.15, -0.1) is 0 Å². The molecule has 4 unspecified atom stereocenters. The Bertz CT molecular complexity index is 894. The van der Waals surface area contributed by atoms with E-state index in [-0.39, 0.29) is 37.5 Å². The van der Waals surface area contributed by atoms with Crippen LogP contribution in [0.25, 0.3) is 0 Å². The van der Waals surface area contributed by atoms with Crippen LogP contribution in [-0.4, -0.2) is 87.7 Å². The Balaban J connectivity index is 2.86. The predicted molar refractivity (Wildman–Crippen MR) is 140 cm³/mol. The minimum Gasteiger partial charge on any atom is -0.480 e. The van der Waals surface area contributed by atoms with Crippen LogP contribution in [0.2, 0.25) is 0 Å². The largest absolute Gasteiger partial charge is 0.480 e. The molecule has 15 nitrogen and oxygen atoms in total. The third kappa shape index (κ3) is 12.4. The van der Waals surface area contributed by atoms with Crippen molar-refractivity contribution in [2.45, 2.75) is 62.7 Å². The highest BCUT2D eigenvalue weighted by molar-refractivity contribution is 7.80. The number of aromatic amines is 1. The number of H-pyrrole nitrogens is 1. The Kier molecular flexibility index (Phi) is 14.7. The zero-order chi connectivity index (χ0) is 27.8. The van der Waals surface area contributed by atoms with E-state index >= 15 is 0 Å². The molecule has 0 bridgehead atoms. The second kappa shape index (κ2) is 17.1. The van der Waals surface area contributed by atoms with E-state index in [1.807, 2.05) is 0 Å². The van der Waals surface area contributed by atoms with Crippen molar-refractivity contribution in [3.63, 3.8) is 0 Å². The molecule has 0 spiro atoms. The Labute approximate surface area is 220 Å². The highest BCUT2D eigenvalue weighted by Gasteiger charge is 2.29. The van der Waals surface area contributed by atoms with E-state index in [0.29, 0.717) is 31.5 Å². The number of guanidine groups is 1. The van der Waals surface area contributed by atoms with Gasteiger partial charge in [-0.1, -0.05) is 0 Å². The fourth-order valence-corrected chi connectivity index (χ4v) is 3.52. The first-order chi connectivity index (χ1) is 17.6. The Hall–Kier alpha value is -3.37. The number of carbonyl (C=O) groups excluding carboxylic acids is 3. The Morgan fingerprint density at radius 2 is 1.62 bits per heavy atom. The SMILES string of the molecule is NCCCCC(NC(=O)C(CS)NC(=O)C(CCCN=C(N)N)NC(=O)C(N)Cc1cnc[nH]1)C(=O)O. The fraction of sp³-hybridized carbons (Fsp3) is 0.619. The van der Waals surface area contributed by atoms with Crippen molar-refractivity contribution in [3.8, 4) is 0 Å².